The summed E-state index contributed by atoms with van der Waals surface area (Å²) in [7, 11) is 0. The predicted molar refractivity (Wildman–Crippen MR) is 541 cm³/mol. The molecule has 5 saturated carbocycles. The highest BCUT2D eigenvalue weighted by molar-refractivity contribution is 5.82. The molecule has 0 radical (unpaired) electrons. The largest absolute Gasteiger partial charge is 0.0776 e. The minimum atomic E-state index is 0. The Hall–Kier alpha value is -2.86. The molecule has 4 aromatic rings. The lowest BCUT2D eigenvalue weighted by Crippen LogP contribution is -2.14. The van der Waals surface area contributed by atoms with E-state index < -0.39 is 0 Å². The van der Waals surface area contributed by atoms with Crippen molar-refractivity contribution in [1.82, 2.24) is 0 Å². The topological polar surface area (TPSA) is 0 Å². The summed E-state index contributed by atoms with van der Waals surface area (Å²) < 4.78 is 0. The monoisotopic (exact) mass is 1560 g/mol. The van der Waals surface area contributed by atoms with Gasteiger partial charge in [0.15, 0.2) is 0 Å². The van der Waals surface area contributed by atoms with Crippen LogP contribution in [0.4, 0.5) is 0 Å². The smallest absolute Gasteiger partial charge is 0.0132 e. The van der Waals surface area contributed by atoms with E-state index in [4.69, 9.17) is 0 Å². The van der Waals surface area contributed by atoms with Crippen LogP contribution in [-0.2, 0) is 10.8 Å². The molecule has 0 bridgehead atoms. The summed E-state index contributed by atoms with van der Waals surface area (Å²) >= 11 is 0. The van der Waals surface area contributed by atoms with E-state index in [0.717, 1.165) is 0 Å². The van der Waals surface area contributed by atoms with E-state index in [-0.39, 0.29) is 70.2 Å². The second-order valence-electron chi connectivity index (χ2n) is 48.8. The molecule has 0 aromatic heterocycles. The lowest BCUT2D eigenvalue weighted by molar-refractivity contribution is 0.277. The highest BCUT2D eigenvalue weighted by atomic mass is 14.4. The Bertz CT molecular complexity index is 1980. The molecule has 5 aliphatic carbocycles. The first-order chi connectivity index (χ1) is 45.6. The lowest BCUT2D eigenvalue weighted by atomic mass is 9.82. The molecule has 111 heavy (non-hydrogen) atoms. The van der Waals surface area contributed by atoms with Gasteiger partial charge in [0.25, 0.3) is 0 Å². The third kappa shape index (κ3) is 176. The maximum absolute atomic E-state index is 2.25. The summed E-state index contributed by atoms with van der Waals surface area (Å²) in [5.74, 6) is 4.66. The summed E-state index contributed by atoms with van der Waals surface area (Å²) in [4.78, 5) is 0. The summed E-state index contributed by atoms with van der Waals surface area (Å²) in [5.41, 5.74) is 8.34. The van der Waals surface area contributed by atoms with Crippen LogP contribution in [0.1, 0.15) is 511 Å². The fourth-order valence-corrected chi connectivity index (χ4v) is 9.25. The molecule has 4 aromatic carbocycles. The van der Waals surface area contributed by atoms with Gasteiger partial charge in [0, 0.05) is 0 Å². The van der Waals surface area contributed by atoms with Crippen LogP contribution >= 0.6 is 0 Å². The van der Waals surface area contributed by atoms with E-state index >= 15 is 0 Å². The van der Waals surface area contributed by atoms with Crippen molar-refractivity contribution in [3.05, 3.63) is 120 Å². The van der Waals surface area contributed by atoms with Crippen molar-refractivity contribution in [1.29, 1.82) is 0 Å². The second kappa shape index (κ2) is 71.3. The Morgan fingerprint density at radius 3 is 0.369 bits per heavy atom. The number of fused-ring (bicyclic) bond motifs is 3. The van der Waals surface area contributed by atoms with E-state index in [0.29, 0.717) is 54.1 Å². The average molecular weight is 1570 g/mol. The van der Waals surface area contributed by atoms with Gasteiger partial charge in [0.1, 0.15) is 0 Å². The molecule has 4 unspecified atom stereocenters. The Morgan fingerprint density at radius 2 is 0.261 bits per heavy atom. The van der Waals surface area contributed by atoms with Gasteiger partial charge in [-0.05, 0) is 111 Å². The van der Waals surface area contributed by atoms with Crippen molar-refractivity contribution in [2.24, 2.45) is 77.8 Å². The van der Waals surface area contributed by atoms with Crippen molar-refractivity contribution in [2.75, 3.05) is 0 Å². The number of benzene rings is 4. The Balaban J connectivity index is -0.0000000688. The molecule has 0 saturated heterocycles. The maximum atomic E-state index is 2.25. The third-order valence-electron chi connectivity index (χ3n) is 12.6. The fourth-order valence-electron chi connectivity index (χ4n) is 9.25. The molecule has 0 spiro atoms. The van der Waals surface area contributed by atoms with Crippen LogP contribution < -0.4 is 0 Å². The van der Waals surface area contributed by atoms with E-state index in [9.17, 15) is 0 Å². The number of hydrogen-bond donors (Lipinski definition) is 0. The van der Waals surface area contributed by atoms with Crippen LogP contribution in [0.3, 0.4) is 0 Å². The normalized spacial score (nSPS) is 16.4. The van der Waals surface area contributed by atoms with Gasteiger partial charge in [0.05, 0.1) is 0 Å². The molecular weight excluding hydrogens is 1330 g/mol. The van der Waals surface area contributed by atoms with Gasteiger partial charge < -0.3 is 0 Å². The maximum Gasteiger partial charge on any atom is -0.0132 e. The highest BCUT2D eigenvalue weighted by Crippen LogP contribution is 2.43. The van der Waals surface area contributed by atoms with Crippen LogP contribution in [-0.4, -0.2) is 0 Å². The van der Waals surface area contributed by atoms with E-state index in [1.165, 1.54) is 116 Å². The first-order valence-electron chi connectivity index (χ1n) is 42.2. The Morgan fingerprint density at radius 1 is 0.153 bits per heavy atom. The zero-order valence-electron chi connectivity index (χ0n) is 80.1. The molecule has 5 fully saturated rings. The fraction of sp³-hybridized carbons (Fsp3) is 0.802. The second-order valence-corrected chi connectivity index (χ2v) is 48.8. The molecule has 0 aliphatic heterocycles. The van der Waals surface area contributed by atoms with Gasteiger partial charge in [-0.15, -0.1) is 0 Å². The summed E-state index contributed by atoms with van der Waals surface area (Å²) in [6.07, 6.45) is 29.2. The van der Waals surface area contributed by atoms with Crippen molar-refractivity contribution in [3.8, 4) is 0 Å². The van der Waals surface area contributed by atoms with Crippen LogP contribution in [0.15, 0.2) is 109 Å². The SMILES string of the molecule is C.C.C.C.C.C.C.C.C1CCC2CCCC2C1.C1CCC2CCCC2C1.C1CCCC1.CC(C)(C)C.CC(C)(C)C.CC(C)(C)C.CC(C)(C)C.CC(C)(C)C.CC(C)(C)C.CC(C)(C)C.CC(C)(C)C.CC(C)(C)C.CC(C)(C)C.CC(C)(C)c1ccc(C(C)(C)C)cc1.c1ccc2ccccc2c1.c1ccccc1. The minimum Gasteiger partial charge on any atom is -0.0776 e. The van der Waals surface area contributed by atoms with Gasteiger partial charge in [-0.2, -0.15) is 0 Å². The molecule has 4 atom stereocenters. The Kier molecular flexibility index (Phi) is 91.9. The molecule has 9 rings (SSSR count). The predicted octanol–water partition coefficient (Wildman–Crippen LogP) is 42.3. The molecule has 0 amide bonds. The summed E-state index contributed by atoms with van der Waals surface area (Å²) in [5, 5.41) is 2.62. The van der Waals surface area contributed by atoms with Crippen LogP contribution in [0.25, 0.3) is 10.8 Å². The zero-order chi connectivity index (χ0) is 82.8. The minimum absolute atomic E-state index is 0. The van der Waals surface area contributed by atoms with Gasteiger partial charge in [-0.1, -0.05) is 609 Å². The van der Waals surface area contributed by atoms with Crippen molar-refractivity contribution < 1.29 is 0 Å². The van der Waals surface area contributed by atoms with Gasteiger partial charge in [-0.25, -0.2) is 0 Å². The van der Waals surface area contributed by atoms with E-state index in [1.807, 2.05) is 36.4 Å². The number of rotatable bonds is 0. The van der Waals surface area contributed by atoms with Crippen molar-refractivity contribution >= 4 is 10.8 Å². The summed E-state index contributed by atoms with van der Waals surface area (Å²) in [6, 6.07) is 37.7. The van der Waals surface area contributed by atoms with Gasteiger partial charge in [-0.3, -0.25) is 0 Å². The van der Waals surface area contributed by atoms with Gasteiger partial charge in [0.2, 0.25) is 0 Å². The van der Waals surface area contributed by atoms with Crippen molar-refractivity contribution in [2.45, 2.75) is 511 Å². The Labute approximate surface area is 715 Å². The molecule has 5 aliphatic rings. The standard InChI is InChI=1S/C14H22.C10H8.2C9H16.C6H6.C5H10.10C5H12.8CH4/c1-13(2,3)11-7-9-12(10-8-11)14(4,5)6;1-2-6-10-8-4-3-7-9(10)5-1;2*1-2-5-9-7-3-6-8(9)4-1;1-2-4-6-5-3-1;1-2-4-5-3-1;10*1-5(2,3)4;;;;;;;;/h7-10H,1-6H3;1-8H;2*8-9H,1-7H2;1-6H;1-5H2;10*1-4H3;8*1H4. The first kappa shape index (κ1) is 143. The van der Waals surface area contributed by atoms with E-state index in [1.54, 1.807) is 51.4 Å². The van der Waals surface area contributed by atoms with Crippen molar-refractivity contribution in [3.63, 3.8) is 0 Å². The molecule has 0 nitrogen and oxygen atoms in total. The highest BCUT2D eigenvalue weighted by Gasteiger charge is 2.30. The van der Waals surface area contributed by atoms with Crippen LogP contribution in [0.2, 0.25) is 0 Å². The quantitative estimate of drug-likeness (QED) is 0.165. The van der Waals surface area contributed by atoms with Gasteiger partial charge >= 0.3 is 0 Å². The third-order valence-corrected chi connectivity index (χ3v) is 12.6. The zero-order valence-corrected chi connectivity index (χ0v) is 80.1. The molecular formula is C111H230. The molecule has 0 heteroatoms. The molecule has 0 heterocycles. The van der Waals surface area contributed by atoms with Crippen LogP contribution in [0, 0.1) is 77.8 Å². The first-order valence-corrected chi connectivity index (χ1v) is 42.2. The summed E-state index contributed by atoms with van der Waals surface area (Å²) in [6.45, 7) is 101. The van der Waals surface area contributed by atoms with E-state index in [2.05, 4.69) is 391 Å². The molecule has 0 N–H and O–H groups in total. The lowest BCUT2D eigenvalue weighted by Gasteiger charge is -2.24. The number of hydrogen-bond acceptors (Lipinski definition) is 0. The average Bonchev–Trinajstić information content (AvgIpc) is 1.28. The molecule has 674 valence electrons. The van der Waals surface area contributed by atoms with Crippen LogP contribution in [0.5, 0.6) is 0 Å².